The van der Waals surface area contributed by atoms with Crippen LogP contribution in [-0.4, -0.2) is 68.4 Å². The first-order valence-corrected chi connectivity index (χ1v) is 12.9. The van der Waals surface area contributed by atoms with E-state index in [0.717, 1.165) is 30.3 Å². The van der Waals surface area contributed by atoms with Crippen molar-refractivity contribution >= 4 is 0 Å². The fourth-order valence-electron chi connectivity index (χ4n) is 5.78. The highest BCUT2D eigenvalue weighted by molar-refractivity contribution is 5.66. The number of phenols is 9. The van der Waals surface area contributed by atoms with E-state index >= 15 is 0 Å². The van der Waals surface area contributed by atoms with Gasteiger partial charge in [-0.1, -0.05) is 6.07 Å². The quantitative estimate of drug-likeness (QED) is 0.153. The number of aliphatic hydroxyl groups is 2. The number of benzene rings is 4. The van der Waals surface area contributed by atoms with Gasteiger partial charge in [-0.05, 0) is 29.8 Å². The molecule has 0 aliphatic carbocycles. The summed E-state index contributed by atoms with van der Waals surface area (Å²) in [5, 5.41) is 116. The molecule has 2 aliphatic rings. The van der Waals surface area contributed by atoms with E-state index in [1.165, 1.54) is 18.2 Å². The summed E-state index contributed by atoms with van der Waals surface area (Å²) in [4.78, 5) is 0. The predicted octanol–water partition coefficient (Wildman–Crippen LogP) is 2.70. The molecule has 4 aromatic rings. The van der Waals surface area contributed by atoms with Crippen LogP contribution in [0.2, 0.25) is 0 Å². The molecule has 43 heavy (non-hydrogen) atoms. The zero-order chi connectivity index (χ0) is 30.9. The molecule has 0 spiro atoms. The maximum Gasteiger partial charge on any atom is 0.200 e. The van der Waals surface area contributed by atoms with Gasteiger partial charge in [0.2, 0.25) is 0 Å². The van der Waals surface area contributed by atoms with Crippen LogP contribution in [0.25, 0.3) is 0 Å². The molecule has 0 amide bonds. The van der Waals surface area contributed by atoms with Crippen molar-refractivity contribution in [1.29, 1.82) is 0 Å². The summed E-state index contributed by atoms with van der Waals surface area (Å²) in [6.45, 7) is 0. The molecule has 6 rings (SSSR count). The average molecular weight is 595 g/mol. The summed E-state index contributed by atoms with van der Waals surface area (Å²) in [5.41, 5.74) is 0.0126. The highest BCUT2D eigenvalue weighted by Crippen LogP contribution is 2.57. The number of rotatable bonds is 3. The van der Waals surface area contributed by atoms with Crippen LogP contribution in [0.5, 0.6) is 63.2 Å². The van der Waals surface area contributed by atoms with E-state index in [1.807, 2.05) is 0 Å². The average Bonchev–Trinajstić information content (AvgIpc) is 2.94. The standard InChI is InChI=1S/C30H26O13/c31-12-6-17(35)23-22(7-12)42-29(11-4-19(37)26(40)20(38)5-11)27(41)25(23)24-18(36)9-15(33)13-8-21(39)28(43-30(13)24)10-1-2-14(32)16(34)3-10/h1-7,9,21,25,27-29,31-41H,8H2/t21-,25+,27-,28-,29-/m1/s1. The van der Waals surface area contributed by atoms with Crippen LogP contribution in [0.4, 0.5) is 0 Å². The molecule has 0 unspecified atom stereocenters. The molecule has 13 nitrogen and oxygen atoms in total. The molecule has 0 fully saturated rings. The minimum absolute atomic E-state index is 0.0281. The number of fused-ring (bicyclic) bond motifs is 2. The molecular weight excluding hydrogens is 568 g/mol. The Bertz CT molecular complexity index is 1750. The predicted molar refractivity (Wildman–Crippen MR) is 145 cm³/mol. The summed E-state index contributed by atoms with van der Waals surface area (Å²) in [5.74, 6) is -6.87. The Hall–Kier alpha value is -5.40. The molecule has 2 heterocycles. The number of aliphatic hydroxyl groups excluding tert-OH is 2. The maximum absolute atomic E-state index is 11.8. The smallest absolute Gasteiger partial charge is 0.200 e. The zero-order valence-corrected chi connectivity index (χ0v) is 21.9. The van der Waals surface area contributed by atoms with Gasteiger partial charge in [-0.3, -0.25) is 0 Å². The van der Waals surface area contributed by atoms with Crippen LogP contribution in [0.15, 0.2) is 48.5 Å². The lowest BCUT2D eigenvalue weighted by molar-refractivity contribution is 0.00108. The lowest BCUT2D eigenvalue weighted by atomic mass is 9.77. The minimum atomic E-state index is -1.71. The Morgan fingerprint density at radius 1 is 0.558 bits per heavy atom. The molecule has 0 aromatic heterocycles. The van der Waals surface area contributed by atoms with Crippen molar-refractivity contribution in [3.8, 4) is 63.2 Å². The molecule has 0 saturated heterocycles. The molecule has 0 radical (unpaired) electrons. The fourth-order valence-corrected chi connectivity index (χ4v) is 5.78. The SMILES string of the molecule is Oc1cc(O)c2c(c1)O[C@H](c1cc(O)c(O)c(O)c1)[C@H](O)[C@@H]2c1c(O)cc(O)c2c1O[C@H](c1ccc(O)c(O)c1)[C@H](O)C2. The molecule has 224 valence electrons. The highest BCUT2D eigenvalue weighted by Gasteiger charge is 2.46. The minimum Gasteiger partial charge on any atom is -0.508 e. The normalized spacial score (nSPS) is 22.6. The zero-order valence-electron chi connectivity index (χ0n) is 21.9. The van der Waals surface area contributed by atoms with Crippen molar-refractivity contribution in [2.75, 3.05) is 0 Å². The Morgan fingerprint density at radius 3 is 1.88 bits per heavy atom. The van der Waals surface area contributed by atoms with Crippen LogP contribution in [0.1, 0.15) is 45.9 Å². The largest absolute Gasteiger partial charge is 0.508 e. The summed E-state index contributed by atoms with van der Waals surface area (Å²) in [6.07, 6.45) is -5.81. The van der Waals surface area contributed by atoms with E-state index < -0.39 is 82.1 Å². The number of ether oxygens (including phenoxy) is 2. The van der Waals surface area contributed by atoms with Gasteiger partial charge in [0.05, 0.1) is 12.0 Å². The van der Waals surface area contributed by atoms with E-state index in [2.05, 4.69) is 0 Å². The van der Waals surface area contributed by atoms with E-state index in [9.17, 15) is 56.2 Å². The number of phenolic OH excluding ortho intramolecular Hbond substituents is 9. The third-order valence-electron chi connectivity index (χ3n) is 7.77. The fraction of sp³-hybridized carbons (Fsp3) is 0.200. The summed E-state index contributed by atoms with van der Waals surface area (Å²) >= 11 is 0. The van der Waals surface area contributed by atoms with Gasteiger partial charge in [0.15, 0.2) is 34.9 Å². The van der Waals surface area contributed by atoms with Crippen LogP contribution < -0.4 is 9.47 Å². The molecule has 11 N–H and O–H groups in total. The number of hydrogen-bond acceptors (Lipinski definition) is 13. The van der Waals surface area contributed by atoms with Crippen molar-refractivity contribution in [1.82, 2.24) is 0 Å². The van der Waals surface area contributed by atoms with Gasteiger partial charge in [0.25, 0.3) is 0 Å². The van der Waals surface area contributed by atoms with E-state index in [4.69, 9.17) is 9.47 Å². The van der Waals surface area contributed by atoms with Crippen LogP contribution in [0, 0.1) is 0 Å². The van der Waals surface area contributed by atoms with Gasteiger partial charge in [-0.2, -0.15) is 0 Å². The van der Waals surface area contributed by atoms with Gasteiger partial charge in [-0.25, -0.2) is 0 Å². The number of aromatic hydroxyl groups is 9. The molecule has 0 bridgehead atoms. The van der Waals surface area contributed by atoms with Crippen molar-refractivity contribution < 1.29 is 65.6 Å². The summed E-state index contributed by atoms with van der Waals surface area (Å²) in [7, 11) is 0. The van der Waals surface area contributed by atoms with Crippen molar-refractivity contribution in [2.24, 2.45) is 0 Å². The van der Waals surface area contributed by atoms with Gasteiger partial charge >= 0.3 is 0 Å². The first kappa shape index (κ1) is 27.8. The van der Waals surface area contributed by atoms with E-state index in [1.54, 1.807) is 0 Å². The van der Waals surface area contributed by atoms with Gasteiger partial charge < -0.3 is 65.6 Å². The van der Waals surface area contributed by atoms with Crippen LogP contribution in [0.3, 0.4) is 0 Å². The lowest BCUT2D eigenvalue weighted by Crippen LogP contribution is -2.36. The molecule has 4 aromatic carbocycles. The molecule has 13 heteroatoms. The summed E-state index contributed by atoms with van der Waals surface area (Å²) < 4.78 is 12.0. The van der Waals surface area contributed by atoms with Crippen molar-refractivity contribution in [3.05, 3.63) is 76.3 Å². The molecule has 0 saturated carbocycles. The monoisotopic (exact) mass is 594 g/mol. The van der Waals surface area contributed by atoms with Gasteiger partial charge in [-0.15, -0.1) is 0 Å². The summed E-state index contributed by atoms with van der Waals surface area (Å²) in [6, 6.07) is 8.90. The molecule has 5 atom stereocenters. The Kier molecular flexibility index (Phi) is 6.36. The van der Waals surface area contributed by atoms with Gasteiger partial charge in [0, 0.05) is 46.9 Å². The van der Waals surface area contributed by atoms with Crippen molar-refractivity contribution in [2.45, 2.75) is 36.8 Å². The van der Waals surface area contributed by atoms with E-state index in [0.29, 0.717) is 0 Å². The Balaban J connectivity index is 1.56. The van der Waals surface area contributed by atoms with Crippen molar-refractivity contribution in [3.63, 3.8) is 0 Å². The second-order valence-electron chi connectivity index (χ2n) is 10.5. The lowest BCUT2D eigenvalue weighted by Gasteiger charge is -2.40. The second kappa shape index (κ2) is 9.86. The highest BCUT2D eigenvalue weighted by atomic mass is 16.5. The Labute approximate surface area is 242 Å². The molecule has 2 aliphatic heterocycles. The van der Waals surface area contributed by atoms with E-state index in [-0.39, 0.29) is 45.7 Å². The topological polar surface area (TPSA) is 241 Å². The Morgan fingerprint density at radius 2 is 1.21 bits per heavy atom. The number of hydrogen-bond donors (Lipinski definition) is 11. The second-order valence-corrected chi connectivity index (χ2v) is 10.5. The van der Waals surface area contributed by atoms with Crippen LogP contribution in [-0.2, 0) is 6.42 Å². The first-order valence-electron chi connectivity index (χ1n) is 12.9. The molecular formula is C30H26O13. The van der Waals surface area contributed by atoms with Crippen LogP contribution >= 0.6 is 0 Å². The first-order chi connectivity index (χ1) is 20.3. The third kappa shape index (κ3) is 4.42. The maximum atomic E-state index is 11.8. The van der Waals surface area contributed by atoms with Gasteiger partial charge in [0.1, 0.15) is 46.7 Å². The third-order valence-corrected chi connectivity index (χ3v) is 7.77.